The lowest BCUT2D eigenvalue weighted by Gasteiger charge is -2.34. The number of piperidine rings is 1. The van der Waals surface area contributed by atoms with Crippen molar-refractivity contribution < 1.29 is 9.59 Å². The Kier molecular flexibility index (Phi) is 4.71. The molecule has 1 aliphatic heterocycles. The number of anilines is 1. The SMILES string of the molecule is CCC1CCCCN1C(=O)C(=O)Nc1ncccc1C. The van der Waals surface area contributed by atoms with Gasteiger partial charge in [0.25, 0.3) is 0 Å². The second kappa shape index (κ2) is 6.50. The minimum Gasteiger partial charge on any atom is -0.331 e. The summed E-state index contributed by atoms with van der Waals surface area (Å²) in [5, 5.41) is 2.61. The third-order valence-electron chi connectivity index (χ3n) is 3.79. The first-order valence-corrected chi connectivity index (χ1v) is 7.17. The maximum absolute atomic E-state index is 12.3. The molecule has 2 amide bonds. The lowest BCUT2D eigenvalue weighted by atomic mass is 10.00. The van der Waals surface area contributed by atoms with Crippen molar-refractivity contribution in [1.82, 2.24) is 9.88 Å². The molecule has 0 aromatic carbocycles. The second-order valence-corrected chi connectivity index (χ2v) is 5.18. The highest BCUT2D eigenvalue weighted by molar-refractivity contribution is 6.39. The summed E-state index contributed by atoms with van der Waals surface area (Å²) < 4.78 is 0. The lowest BCUT2D eigenvalue weighted by molar-refractivity contribution is -0.145. The Balaban J connectivity index is 2.05. The molecule has 1 aromatic heterocycles. The van der Waals surface area contributed by atoms with E-state index in [1.165, 1.54) is 0 Å². The second-order valence-electron chi connectivity index (χ2n) is 5.18. The van der Waals surface area contributed by atoms with Crippen LogP contribution in [0.5, 0.6) is 0 Å². The molecule has 2 rings (SSSR count). The summed E-state index contributed by atoms with van der Waals surface area (Å²) in [7, 11) is 0. The molecule has 20 heavy (non-hydrogen) atoms. The largest absolute Gasteiger partial charge is 0.331 e. The summed E-state index contributed by atoms with van der Waals surface area (Å²) in [5.74, 6) is -0.579. The predicted molar refractivity (Wildman–Crippen MR) is 77.2 cm³/mol. The van der Waals surface area contributed by atoms with Gasteiger partial charge in [0.1, 0.15) is 5.82 Å². The summed E-state index contributed by atoms with van der Waals surface area (Å²) in [6.45, 7) is 4.58. The van der Waals surface area contributed by atoms with E-state index < -0.39 is 11.8 Å². The Morgan fingerprint density at radius 1 is 1.45 bits per heavy atom. The maximum Gasteiger partial charge on any atom is 0.315 e. The number of rotatable bonds is 2. The standard InChI is InChI=1S/C15H21N3O2/c1-3-12-8-4-5-10-18(12)15(20)14(19)17-13-11(2)7-6-9-16-13/h6-7,9,12H,3-5,8,10H2,1-2H3,(H,16,17,19). The normalized spacial score (nSPS) is 18.7. The molecule has 2 heterocycles. The van der Waals surface area contributed by atoms with Crippen molar-refractivity contribution in [3.8, 4) is 0 Å². The first kappa shape index (κ1) is 14.5. The molecular weight excluding hydrogens is 254 g/mol. The Hall–Kier alpha value is -1.91. The van der Waals surface area contributed by atoms with Crippen LogP contribution in [0.15, 0.2) is 18.3 Å². The van der Waals surface area contributed by atoms with E-state index in [2.05, 4.69) is 17.2 Å². The number of nitrogens with zero attached hydrogens (tertiary/aromatic N) is 2. The van der Waals surface area contributed by atoms with E-state index >= 15 is 0 Å². The predicted octanol–water partition coefficient (Wildman–Crippen LogP) is 2.12. The molecule has 1 saturated heterocycles. The van der Waals surface area contributed by atoms with Gasteiger partial charge in [-0.1, -0.05) is 13.0 Å². The number of hydrogen-bond acceptors (Lipinski definition) is 3. The zero-order valence-electron chi connectivity index (χ0n) is 12.1. The van der Waals surface area contributed by atoms with Gasteiger partial charge in [-0.15, -0.1) is 0 Å². The van der Waals surface area contributed by atoms with Crippen LogP contribution in [0.4, 0.5) is 5.82 Å². The van der Waals surface area contributed by atoms with Crippen molar-refractivity contribution in [2.45, 2.75) is 45.6 Å². The first-order chi connectivity index (χ1) is 9.63. The van der Waals surface area contributed by atoms with E-state index in [1.807, 2.05) is 13.0 Å². The Bertz CT molecular complexity index is 502. The van der Waals surface area contributed by atoms with Crippen LogP contribution in [-0.4, -0.2) is 34.3 Å². The van der Waals surface area contributed by atoms with E-state index in [0.29, 0.717) is 12.4 Å². The number of nitrogens with one attached hydrogen (secondary N) is 1. The summed E-state index contributed by atoms with van der Waals surface area (Å²) in [5.41, 5.74) is 0.847. The molecule has 5 heteroatoms. The molecule has 108 valence electrons. The van der Waals surface area contributed by atoms with Crippen molar-refractivity contribution in [1.29, 1.82) is 0 Å². The molecule has 5 nitrogen and oxygen atoms in total. The summed E-state index contributed by atoms with van der Waals surface area (Å²) in [4.78, 5) is 30.1. The maximum atomic E-state index is 12.3. The van der Waals surface area contributed by atoms with Gasteiger partial charge in [0.2, 0.25) is 0 Å². The molecule has 0 radical (unpaired) electrons. The number of carbonyl (C=O) groups excluding carboxylic acids is 2. The molecule has 1 aliphatic rings. The monoisotopic (exact) mass is 275 g/mol. The first-order valence-electron chi connectivity index (χ1n) is 7.17. The molecule has 1 aromatic rings. The van der Waals surface area contributed by atoms with Crippen LogP contribution in [0.25, 0.3) is 0 Å². The number of aromatic nitrogens is 1. The topological polar surface area (TPSA) is 62.3 Å². The fraction of sp³-hybridized carbons (Fsp3) is 0.533. The Morgan fingerprint density at radius 3 is 2.95 bits per heavy atom. The minimum atomic E-state index is -0.591. The van der Waals surface area contributed by atoms with Gasteiger partial charge in [0.05, 0.1) is 0 Å². The molecule has 0 spiro atoms. The van der Waals surface area contributed by atoms with Crippen molar-refractivity contribution in [3.05, 3.63) is 23.9 Å². The number of amides is 2. The van der Waals surface area contributed by atoms with Crippen molar-refractivity contribution in [2.24, 2.45) is 0 Å². The van der Waals surface area contributed by atoms with Gasteiger partial charge < -0.3 is 10.2 Å². The van der Waals surface area contributed by atoms with Crippen LogP contribution >= 0.6 is 0 Å². The average Bonchev–Trinajstić information content (AvgIpc) is 2.48. The average molecular weight is 275 g/mol. The summed E-state index contributed by atoms with van der Waals surface area (Å²) in [6, 6.07) is 3.83. The molecule has 0 aliphatic carbocycles. The molecule has 0 bridgehead atoms. The zero-order valence-corrected chi connectivity index (χ0v) is 12.1. The van der Waals surface area contributed by atoms with Gasteiger partial charge in [-0.3, -0.25) is 9.59 Å². The van der Waals surface area contributed by atoms with Gasteiger partial charge in [-0.2, -0.15) is 0 Å². The molecule has 1 N–H and O–H groups in total. The number of hydrogen-bond donors (Lipinski definition) is 1. The fourth-order valence-corrected chi connectivity index (χ4v) is 2.60. The van der Waals surface area contributed by atoms with Gasteiger partial charge in [-0.25, -0.2) is 4.98 Å². The van der Waals surface area contributed by atoms with Crippen molar-refractivity contribution >= 4 is 17.6 Å². The Labute approximate surface area is 119 Å². The van der Waals surface area contributed by atoms with Crippen LogP contribution in [0.2, 0.25) is 0 Å². The van der Waals surface area contributed by atoms with E-state index in [0.717, 1.165) is 31.2 Å². The van der Waals surface area contributed by atoms with Crippen molar-refractivity contribution in [2.75, 3.05) is 11.9 Å². The van der Waals surface area contributed by atoms with Crippen LogP contribution in [0.3, 0.4) is 0 Å². The smallest absolute Gasteiger partial charge is 0.315 e. The van der Waals surface area contributed by atoms with Crippen LogP contribution < -0.4 is 5.32 Å². The quantitative estimate of drug-likeness (QED) is 0.841. The third-order valence-corrected chi connectivity index (χ3v) is 3.79. The molecule has 1 unspecified atom stereocenters. The Morgan fingerprint density at radius 2 is 2.25 bits per heavy atom. The molecule has 0 saturated carbocycles. The minimum absolute atomic E-state index is 0.187. The van der Waals surface area contributed by atoms with Gasteiger partial charge >= 0.3 is 11.8 Å². The van der Waals surface area contributed by atoms with E-state index in [9.17, 15) is 9.59 Å². The molecular formula is C15H21N3O2. The number of carbonyl (C=O) groups is 2. The van der Waals surface area contributed by atoms with Crippen LogP contribution in [-0.2, 0) is 9.59 Å². The molecule has 1 fully saturated rings. The van der Waals surface area contributed by atoms with Gasteiger partial charge in [0, 0.05) is 18.8 Å². The van der Waals surface area contributed by atoms with Crippen molar-refractivity contribution in [3.63, 3.8) is 0 Å². The molecule has 1 atom stereocenters. The van der Waals surface area contributed by atoms with E-state index in [-0.39, 0.29) is 6.04 Å². The van der Waals surface area contributed by atoms with Gasteiger partial charge in [0.15, 0.2) is 0 Å². The number of pyridine rings is 1. The number of aryl methyl sites for hydroxylation is 1. The van der Waals surface area contributed by atoms with E-state index in [4.69, 9.17) is 0 Å². The zero-order chi connectivity index (χ0) is 14.5. The summed E-state index contributed by atoms with van der Waals surface area (Å²) in [6.07, 6.45) is 5.57. The van der Waals surface area contributed by atoms with Gasteiger partial charge in [-0.05, 0) is 44.2 Å². The van der Waals surface area contributed by atoms with E-state index in [1.54, 1.807) is 17.2 Å². The lowest BCUT2D eigenvalue weighted by Crippen LogP contribution is -2.48. The fourth-order valence-electron chi connectivity index (χ4n) is 2.60. The summed E-state index contributed by atoms with van der Waals surface area (Å²) >= 11 is 0. The highest BCUT2D eigenvalue weighted by atomic mass is 16.2. The highest BCUT2D eigenvalue weighted by Gasteiger charge is 2.29. The number of likely N-dealkylation sites (tertiary alicyclic amines) is 1. The highest BCUT2D eigenvalue weighted by Crippen LogP contribution is 2.20. The third kappa shape index (κ3) is 3.15. The van der Waals surface area contributed by atoms with Crippen LogP contribution in [0.1, 0.15) is 38.2 Å². The van der Waals surface area contributed by atoms with Crippen LogP contribution in [0, 0.1) is 6.92 Å².